The van der Waals surface area contributed by atoms with Crippen molar-refractivity contribution in [3.63, 3.8) is 0 Å². The summed E-state index contributed by atoms with van der Waals surface area (Å²) in [5.74, 6) is 6.24. The van der Waals surface area contributed by atoms with Crippen LogP contribution in [-0.2, 0) is 6.61 Å². The summed E-state index contributed by atoms with van der Waals surface area (Å²) in [6.45, 7) is 0.249. The van der Waals surface area contributed by atoms with Gasteiger partial charge in [0.25, 0.3) is 0 Å². The molecule has 0 aliphatic rings. The fourth-order valence-corrected chi connectivity index (χ4v) is 1.91. The zero-order valence-corrected chi connectivity index (χ0v) is 12.0. The molecule has 0 saturated carbocycles. The topological polar surface area (TPSA) is 9.23 Å². The van der Waals surface area contributed by atoms with Crippen molar-refractivity contribution in [2.75, 3.05) is 5.88 Å². The molecule has 0 unspecified atom stereocenters. The minimum Gasteiger partial charge on any atom is -0.488 e. The molecule has 102 valence electrons. The van der Waals surface area contributed by atoms with E-state index in [-0.39, 0.29) is 18.3 Å². The lowest BCUT2D eigenvalue weighted by Crippen LogP contribution is -1.98. The molecule has 0 radical (unpaired) electrons. The van der Waals surface area contributed by atoms with Crippen LogP contribution < -0.4 is 4.74 Å². The second-order valence-corrected chi connectivity index (χ2v) is 4.63. The third-order valence-corrected chi connectivity index (χ3v) is 3.06. The van der Waals surface area contributed by atoms with Crippen LogP contribution in [0.1, 0.15) is 11.1 Å². The van der Waals surface area contributed by atoms with Crippen LogP contribution in [0.25, 0.3) is 0 Å². The molecule has 0 spiro atoms. The van der Waals surface area contributed by atoms with E-state index in [1.807, 2.05) is 24.3 Å². The predicted molar refractivity (Wildman–Crippen MR) is 79.8 cm³/mol. The number of ether oxygens (including phenoxy) is 1. The lowest BCUT2D eigenvalue weighted by atomic mass is 10.2. The van der Waals surface area contributed by atoms with E-state index in [0.29, 0.717) is 16.3 Å². The zero-order valence-electron chi connectivity index (χ0n) is 10.5. The molecule has 0 heterocycles. The summed E-state index contributed by atoms with van der Waals surface area (Å²) in [4.78, 5) is 0. The van der Waals surface area contributed by atoms with Crippen LogP contribution in [0, 0.1) is 17.7 Å². The number of rotatable bonds is 3. The monoisotopic (exact) mass is 308 g/mol. The average Bonchev–Trinajstić information content (AvgIpc) is 2.45. The highest BCUT2D eigenvalue weighted by Crippen LogP contribution is 2.22. The van der Waals surface area contributed by atoms with Crippen molar-refractivity contribution in [3.8, 4) is 17.6 Å². The number of hydrogen-bond acceptors (Lipinski definition) is 1. The van der Waals surface area contributed by atoms with Gasteiger partial charge in [-0.1, -0.05) is 41.6 Å². The van der Waals surface area contributed by atoms with Crippen LogP contribution >= 0.6 is 23.2 Å². The molecule has 0 fully saturated rings. The predicted octanol–water partition coefficient (Wildman–Crippen LogP) is 4.65. The van der Waals surface area contributed by atoms with Crippen LogP contribution in [0.5, 0.6) is 5.75 Å². The molecule has 0 saturated heterocycles. The van der Waals surface area contributed by atoms with Gasteiger partial charge in [0.05, 0.1) is 16.5 Å². The van der Waals surface area contributed by atoms with Crippen LogP contribution in [0.3, 0.4) is 0 Å². The van der Waals surface area contributed by atoms with Crippen LogP contribution in [0.4, 0.5) is 4.39 Å². The minimum atomic E-state index is -0.368. The summed E-state index contributed by atoms with van der Waals surface area (Å²) in [6.07, 6.45) is 0. The van der Waals surface area contributed by atoms with Crippen molar-refractivity contribution in [3.05, 3.63) is 64.4 Å². The summed E-state index contributed by atoms with van der Waals surface area (Å²) in [5, 5.41) is 0.342. The molecule has 2 aromatic carbocycles. The van der Waals surface area contributed by atoms with E-state index in [1.165, 1.54) is 12.1 Å². The van der Waals surface area contributed by atoms with Gasteiger partial charge < -0.3 is 4.74 Å². The molecule has 0 atom stereocenters. The highest BCUT2D eigenvalue weighted by Gasteiger charge is 2.05. The Morgan fingerprint density at radius 1 is 1.15 bits per heavy atom. The number of halogens is 3. The molecule has 2 rings (SSSR count). The number of para-hydroxylation sites is 1. The molecule has 0 bridgehead atoms. The fourth-order valence-electron chi connectivity index (χ4n) is 1.62. The van der Waals surface area contributed by atoms with Gasteiger partial charge in [0.1, 0.15) is 18.2 Å². The van der Waals surface area contributed by atoms with Crippen molar-refractivity contribution in [1.29, 1.82) is 0 Å². The summed E-state index contributed by atoms with van der Waals surface area (Å²) >= 11 is 11.5. The molecule has 0 N–H and O–H groups in total. The van der Waals surface area contributed by atoms with E-state index >= 15 is 0 Å². The lowest BCUT2D eigenvalue weighted by Gasteiger charge is -2.09. The van der Waals surface area contributed by atoms with Crippen LogP contribution in [-0.4, -0.2) is 5.88 Å². The van der Waals surface area contributed by atoms with Gasteiger partial charge in [0, 0.05) is 5.56 Å². The zero-order chi connectivity index (χ0) is 14.4. The Labute approximate surface area is 127 Å². The summed E-state index contributed by atoms with van der Waals surface area (Å²) in [7, 11) is 0. The van der Waals surface area contributed by atoms with E-state index in [1.54, 1.807) is 6.07 Å². The Bertz CT molecular complexity index is 659. The summed E-state index contributed by atoms with van der Waals surface area (Å²) in [6, 6.07) is 11.6. The van der Waals surface area contributed by atoms with E-state index in [0.717, 1.165) is 5.56 Å². The van der Waals surface area contributed by atoms with Crippen LogP contribution in [0.2, 0.25) is 5.02 Å². The van der Waals surface area contributed by atoms with Gasteiger partial charge in [-0.2, -0.15) is 0 Å². The largest absolute Gasteiger partial charge is 0.488 e. The van der Waals surface area contributed by atoms with Gasteiger partial charge in [-0.25, -0.2) is 4.39 Å². The third kappa shape index (κ3) is 3.90. The van der Waals surface area contributed by atoms with E-state index in [9.17, 15) is 4.39 Å². The third-order valence-electron chi connectivity index (χ3n) is 2.58. The highest BCUT2D eigenvalue weighted by atomic mass is 35.5. The average molecular weight is 309 g/mol. The fraction of sp³-hybridized carbons (Fsp3) is 0.125. The summed E-state index contributed by atoms with van der Waals surface area (Å²) in [5.41, 5.74) is 1.47. The van der Waals surface area contributed by atoms with Crippen molar-refractivity contribution >= 4 is 23.2 Å². The Hall–Kier alpha value is -1.69. The number of benzene rings is 2. The first kappa shape index (κ1) is 14.7. The Morgan fingerprint density at radius 2 is 1.95 bits per heavy atom. The first-order valence-electron chi connectivity index (χ1n) is 5.91. The van der Waals surface area contributed by atoms with E-state index < -0.39 is 0 Å². The molecular formula is C16H11Cl2FO. The van der Waals surface area contributed by atoms with Gasteiger partial charge in [0.2, 0.25) is 0 Å². The first-order valence-corrected chi connectivity index (χ1v) is 6.82. The first-order chi connectivity index (χ1) is 9.70. The Balaban J connectivity index is 2.14. The summed E-state index contributed by atoms with van der Waals surface area (Å²) < 4.78 is 18.6. The van der Waals surface area contributed by atoms with Gasteiger partial charge in [0.15, 0.2) is 0 Å². The molecule has 20 heavy (non-hydrogen) atoms. The van der Waals surface area contributed by atoms with E-state index in [2.05, 4.69) is 11.8 Å². The minimum absolute atomic E-state index is 0.249. The van der Waals surface area contributed by atoms with Crippen molar-refractivity contribution < 1.29 is 9.13 Å². The number of hydrogen-bond donors (Lipinski definition) is 0. The standard InChI is InChI=1S/C16H11Cl2FO/c17-9-3-5-12-4-1-2-6-16(12)20-11-13-7-8-14(19)10-15(13)18/h1-2,4,6-8,10H,9,11H2. The highest BCUT2D eigenvalue weighted by molar-refractivity contribution is 6.31. The Kier molecular flexibility index (Phi) is 5.29. The number of alkyl halides is 1. The molecule has 0 amide bonds. The van der Waals surface area contributed by atoms with E-state index in [4.69, 9.17) is 27.9 Å². The van der Waals surface area contributed by atoms with Crippen molar-refractivity contribution in [2.45, 2.75) is 6.61 Å². The molecule has 0 aromatic heterocycles. The molecule has 0 aliphatic carbocycles. The molecule has 4 heteroatoms. The van der Waals surface area contributed by atoms with Crippen LogP contribution in [0.15, 0.2) is 42.5 Å². The maximum atomic E-state index is 13.0. The second-order valence-electron chi connectivity index (χ2n) is 3.96. The smallest absolute Gasteiger partial charge is 0.135 e. The van der Waals surface area contributed by atoms with Gasteiger partial charge >= 0.3 is 0 Å². The van der Waals surface area contributed by atoms with Crippen molar-refractivity contribution in [2.24, 2.45) is 0 Å². The second kappa shape index (κ2) is 7.19. The molecule has 0 aliphatic heterocycles. The SMILES string of the molecule is Fc1ccc(COc2ccccc2C#CCCl)c(Cl)c1. The molecular weight excluding hydrogens is 298 g/mol. The Morgan fingerprint density at radius 3 is 2.70 bits per heavy atom. The van der Waals surface area contributed by atoms with Gasteiger partial charge in [-0.3, -0.25) is 0 Å². The molecule has 2 aromatic rings. The maximum Gasteiger partial charge on any atom is 0.135 e. The molecule has 1 nitrogen and oxygen atoms in total. The maximum absolute atomic E-state index is 13.0. The van der Waals surface area contributed by atoms with Gasteiger partial charge in [-0.05, 0) is 24.3 Å². The quantitative estimate of drug-likeness (QED) is 0.592. The van der Waals surface area contributed by atoms with Gasteiger partial charge in [-0.15, -0.1) is 11.6 Å². The van der Waals surface area contributed by atoms with Crippen molar-refractivity contribution in [1.82, 2.24) is 0 Å². The normalized spacial score (nSPS) is 9.75. The lowest BCUT2D eigenvalue weighted by molar-refractivity contribution is 0.305.